The van der Waals surface area contributed by atoms with E-state index in [9.17, 15) is 30.3 Å². The van der Waals surface area contributed by atoms with Gasteiger partial charge in [-0.05, 0) is 70.6 Å². The number of hydrogen-bond donors (Lipinski definition) is 6. The summed E-state index contributed by atoms with van der Waals surface area (Å²) in [5.41, 5.74) is 0. The lowest BCUT2D eigenvalue weighted by atomic mass is 9.99. The van der Waals surface area contributed by atoms with Gasteiger partial charge in [0.2, 0.25) is 5.91 Å². The van der Waals surface area contributed by atoms with E-state index in [-0.39, 0.29) is 12.5 Å². The fourth-order valence-corrected chi connectivity index (χ4v) is 6.65. The Labute approximate surface area is 341 Å². The Bertz CT molecular complexity index is 1060. The number of aliphatic hydroxyl groups is 5. The van der Waals surface area contributed by atoms with Gasteiger partial charge in [-0.15, -0.1) is 0 Å². The number of amides is 1. The molecule has 0 aliphatic carbocycles. The second kappa shape index (κ2) is 37.2. The molecule has 1 fully saturated rings. The number of aliphatic hydroxyl groups excluding tert-OH is 5. The molecule has 324 valence electrons. The minimum absolute atomic E-state index is 0.206. The first-order valence-corrected chi connectivity index (χ1v) is 22.5. The number of rotatable bonds is 36. The minimum Gasteiger partial charge on any atom is -0.394 e. The lowest BCUT2D eigenvalue weighted by Crippen LogP contribution is -2.60. The molecule has 9 heteroatoms. The van der Waals surface area contributed by atoms with Crippen molar-refractivity contribution in [2.75, 3.05) is 13.2 Å². The molecule has 1 saturated heterocycles. The fourth-order valence-electron chi connectivity index (χ4n) is 6.65. The van der Waals surface area contributed by atoms with Gasteiger partial charge in [0.1, 0.15) is 24.4 Å². The highest BCUT2D eigenvalue weighted by molar-refractivity contribution is 5.76. The second-order valence-corrected chi connectivity index (χ2v) is 15.5. The Morgan fingerprint density at radius 1 is 0.607 bits per heavy atom. The van der Waals surface area contributed by atoms with Crippen molar-refractivity contribution in [1.82, 2.24) is 5.32 Å². The molecule has 1 aliphatic heterocycles. The number of carbonyl (C=O) groups is 1. The summed E-state index contributed by atoms with van der Waals surface area (Å²) in [7, 11) is 0. The second-order valence-electron chi connectivity index (χ2n) is 15.5. The third-order valence-electron chi connectivity index (χ3n) is 10.3. The molecule has 1 heterocycles. The zero-order valence-electron chi connectivity index (χ0n) is 35.4. The van der Waals surface area contributed by atoms with Gasteiger partial charge in [-0.1, -0.05) is 158 Å². The van der Waals surface area contributed by atoms with Crippen LogP contribution in [0.15, 0.2) is 60.8 Å². The van der Waals surface area contributed by atoms with Crippen molar-refractivity contribution in [3.8, 4) is 0 Å². The number of carbonyl (C=O) groups excluding carboxylic acids is 1. The van der Waals surface area contributed by atoms with Crippen molar-refractivity contribution in [3.63, 3.8) is 0 Å². The average molecular weight is 790 g/mol. The quantitative estimate of drug-likeness (QED) is 0.0209. The van der Waals surface area contributed by atoms with E-state index in [0.29, 0.717) is 6.42 Å². The Kier molecular flexibility index (Phi) is 34.5. The summed E-state index contributed by atoms with van der Waals surface area (Å²) < 4.78 is 11.2. The fraction of sp³-hybridized carbons (Fsp3) is 0.766. The minimum atomic E-state index is -1.58. The normalized spacial score (nSPS) is 21.7. The molecule has 1 rings (SSSR count). The van der Waals surface area contributed by atoms with E-state index in [1.54, 1.807) is 6.08 Å². The lowest BCUT2D eigenvalue weighted by Gasteiger charge is -2.40. The first-order valence-electron chi connectivity index (χ1n) is 22.5. The van der Waals surface area contributed by atoms with Crippen LogP contribution in [0.5, 0.6) is 0 Å². The van der Waals surface area contributed by atoms with Crippen LogP contribution in [-0.2, 0) is 14.3 Å². The molecule has 0 aromatic carbocycles. The van der Waals surface area contributed by atoms with Gasteiger partial charge in [0.15, 0.2) is 6.29 Å². The summed E-state index contributed by atoms with van der Waals surface area (Å²) in [4.78, 5) is 12.9. The van der Waals surface area contributed by atoms with Gasteiger partial charge in [-0.2, -0.15) is 0 Å². The van der Waals surface area contributed by atoms with Gasteiger partial charge in [-0.3, -0.25) is 4.79 Å². The van der Waals surface area contributed by atoms with E-state index in [2.05, 4.69) is 67.8 Å². The standard InChI is InChI=1S/C47H83NO8/c1-3-5-7-9-11-13-15-17-19-20-21-23-24-26-28-30-32-34-36-41(50)40(39-55-47-46(54)45(53)44(52)42(38-49)56-47)48-43(51)37-35-33-31-29-27-25-22-18-16-14-12-10-8-6-4-2/h12,14,16,18,20-21,26,28,34,36,40-42,44-47,49-50,52-54H,3-11,13,15,17,19,22-25,27,29-33,35,37-39H2,1-2H3,(H,48,51)/b14-12-,18-16-,21-20+,28-26+,36-34+. The molecular weight excluding hydrogens is 707 g/mol. The lowest BCUT2D eigenvalue weighted by molar-refractivity contribution is -0.302. The monoisotopic (exact) mass is 790 g/mol. The molecule has 0 spiro atoms. The average Bonchev–Trinajstić information content (AvgIpc) is 3.20. The number of nitrogens with one attached hydrogen (secondary N) is 1. The van der Waals surface area contributed by atoms with Crippen LogP contribution < -0.4 is 5.32 Å². The summed E-state index contributed by atoms with van der Waals surface area (Å²) in [6.45, 7) is 3.69. The molecule has 7 atom stereocenters. The van der Waals surface area contributed by atoms with Crippen LogP contribution in [0.3, 0.4) is 0 Å². The first kappa shape index (κ1) is 51.9. The van der Waals surface area contributed by atoms with E-state index in [1.807, 2.05) is 6.08 Å². The van der Waals surface area contributed by atoms with E-state index < -0.39 is 49.5 Å². The highest BCUT2D eigenvalue weighted by atomic mass is 16.7. The summed E-state index contributed by atoms with van der Waals surface area (Å²) >= 11 is 0. The molecule has 0 bridgehead atoms. The van der Waals surface area contributed by atoms with E-state index in [1.165, 1.54) is 77.0 Å². The van der Waals surface area contributed by atoms with Crippen LogP contribution >= 0.6 is 0 Å². The SMILES string of the molecule is CCCCC/C=C\C=C/CCCCCCCCC(=O)NC(COC1OC(CO)C(O)C(O)C1O)C(O)/C=C/CC/C=C/CC/C=C/CCCCCCCCCC. The van der Waals surface area contributed by atoms with Crippen LogP contribution in [0, 0.1) is 0 Å². The Morgan fingerprint density at radius 3 is 1.64 bits per heavy atom. The van der Waals surface area contributed by atoms with Crippen LogP contribution in [-0.4, -0.2) is 87.5 Å². The predicted octanol–water partition coefficient (Wildman–Crippen LogP) is 9.22. The Balaban J connectivity index is 2.43. The largest absolute Gasteiger partial charge is 0.394 e. The molecule has 1 aliphatic rings. The van der Waals surface area contributed by atoms with Gasteiger partial charge >= 0.3 is 0 Å². The van der Waals surface area contributed by atoms with Gasteiger partial charge in [0.25, 0.3) is 0 Å². The van der Waals surface area contributed by atoms with E-state index in [0.717, 1.165) is 77.0 Å². The number of hydrogen-bond acceptors (Lipinski definition) is 8. The molecule has 0 aromatic heterocycles. The molecule has 0 aromatic rings. The molecule has 7 unspecified atom stereocenters. The first-order chi connectivity index (χ1) is 27.3. The molecule has 0 radical (unpaired) electrons. The highest BCUT2D eigenvalue weighted by Gasteiger charge is 2.44. The number of unbranched alkanes of at least 4 members (excludes halogenated alkanes) is 19. The zero-order chi connectivity index (χ0) is 40.9. The van der Waals surface area contributed by atoms with Crippen molar-refractivity contribution >= 4 is 5.91 Å². The zero-order valence-corrected chi connectivity index (χ0v) is 35.4. The predicted molar refractivity (Wildman–Crippen MR) is 230 cm³/mol. The molecule has 6 N–H and O–H groups in total. The van der Waals surface area contributed by atoms with E-state index in [4.69, 9.17) is 9.47 Å². The summed E-state index contributed by atoms with van der Waals surface area (Å²) in [6.07, 6.45) is 41.1. The molecular formula is C47H83NO8. The molecule has 0 saturated carbocycles. The maximum Gasteiger partial charge on any atom is 0.220 e. The van der Waals surface area contributed by atoms with Gasteiger partial charge in [0.05, 0.1) is 25.4 Å². The van der Waals surface area contributed by atoms with Gasteiger partial charge in [-0.25, -0.2) is 0 Å². The van der Waals surface area contributed by atoms with Gasteiger partial charge < -0.3 is 40.3 Å². The maximum atomic E-state index is 12.9. The summed E-state index contributed by atoms with van der Waals surface area (Å²) in [5, 5.41) is 54.1. The number of allylic oxidation sites excluding steroid dienone is 9. The smallest absolute Gasteiger partial charge is 0.220 e. The Morgan fingerprint density at radius 2 is 1.07 bits per heavy atom. The summed E-state index contributed by atoms with van der Waals surface area (Å²) in [6, 6.07) is -0.835. The third-order valence-corrected chi connectivity index (χ3v) is 10.3. The van der Waals surface area contributed by atoms with Crippen LogP contribution in [0.4, 0.5) is 0 Å². The highest BCUT2D eigenvalue weighted by Crippen LogP contribution is 2.22. The third kappa shape index (κ3) is 27.5. The maximum absolute atomic E-state index is 12.9. The molecule has 9 nitrogen and oxygen atoms in total. The number of ether oxygens (including phenoxy) is 2. The Hall–Kier alpha value is -2.11. The molecule has 56 heavy (non-hydrogen) atoms. The van der Waals surface area contributed by atoms with Crippen LogP contribution in [0.1, 0.15) is 174 Å². The van der Waals surface area contributed by atoms with E-state index >= 15 is 0 Å². The van der Waals surface area contributed by atoms with Crippen molar-refractivity contribution in [3.05, 3.63) is 60.8 Å². The van der Waals surface area contributed by atoms with Crippen molar-refractivity contribution in [2.24, 2.45) is 0 Å². The van der Waals surface area contributed by atoms with Gasteiger partial charge in [0, 0.05) is 6.42 Å². The van der Waals surface area contributed by atoms with Crippen LogP contribution in [0.2, 0.25) is 0 Å². The molecule has 1 amide bonds. The summed E-state index contributed by atoms with van der Waals surface area (Å²) in [5.74, 6) is -0.206. The van der Waals surface area contributed by atoms with Crippen molar-refractivity contribution in [1.29, 1.82) is 0 Å². The van der Waals surface area contributed by atoms with Crippen molar-refractivity contribution in [2.45, 2.75) is 217 Å². The topological polar surface area (TPSA) is 149 Å². The van der Waals surface area contributed by atoms with Crippen LogP contribution in [0.25, 0.3) is 0 Å². The van der Waals surface area contributed by atoms with Crippen molar-refractivity contribution < 1.29 is 39.8 Å².